The zero-order valence-corrected chi connectivity index (χ0v) is 9.03. The van der Waals surface area contributed by atoms with Gasteiger partial charge in [-0.05, 0) is 25.5 Å². The van der Waals surface area contributed by atoms with E-state index in [0.29, 0.717) is 6.04 Å². The molecule has 0 spiro atoms. The molecule has 14 heavy (non-hydrogen) atoms. The quantitative estimate of drug-likeness (QED) is 0.775. The molecule has 1 heterocycles. The zero-order chi connectivity index (χ0) is 10.4. The van der Waals surface area contributed by atoms with Gasteiger partial charge in [-0.1, -0.05) is 6.07 Å². The molecule has 0 aliphatic heterocycles. The molecular weight excluding hydrogens is 176 g/mol. The maximum absolute atomic E-state index is 5.16. The number of nitrogens with zero attached hydrogens (tertiary/aromatic N) is 1. The van der Waals surface area contributed by atoms with Crippen LogP contribution in [0.15, 0.2) is 24.5 Å². The minimum Gasteiger partial charge on any atom is -0.380 e. The number of hydrogen-bond donors (Lipinski definition) is 1. The molecule has 78 valence electrons. The lowest BCUT2D eigenvalue weighted by atomic mass is 10.1. The summed E-state index contributed by atoms with van der Waals surface area (Å²) in [6.45, 7) is 5.02. The largest absolute Gasteiger partial charge is 0.380 e. The molecule has 1 N–H and O–H groups in total. The lowest BCUT2D eigenvalue weighted by molar-refractivity contribution is 0.115. The van der Waals surface area contributed by atoms with Gasteiger partial charge in [0.1, 0.15) is 0 Å². The lowest BCUT2D eigenvalue weighted by Crippen LogP contribution is -2.28. The molecule has 2 unspecified atom stereocenters. The van der Waals surface area contributed by atoms with Gasteiger partial charge in [0.15, 0.2) is 0 Å². The molecule has 0 saturated carbocycles. The summed E-state index contributed by atoms with van der Waals surface area (Å²) in [4.78, 5) is 4.08. The van der Waals surface area contributed by atoms with Crippen LogP contribution < -0.4 is 5.32 Å². The van der Waals surface area contributed by atoms with E-state index in [2.05, 4.69) is 23.3 Å². The van der Waals surface area contributed by atoms with Gasteiger partial charge in [0.25, 0.3) is 0 Å². The number of hydrogen-bond acceptors (Lipinski definition) is 3. The average Bonchev–Trinajstić information content (AvgIpc) is 2.26. The van der Waals surface area contributed by atoms with Gasteiger partial charge in [0, 0.05) is 32.1 Å². The molecule has 1 rings (SSSR count). The second-order valence-electron chi connectivity index (χ2n) is 3.46. The molecule has 1 aromatic rings. The highest BCUT2D eigenvalue weighted by molar-refractivity contribution is 5.12. The highest BCUT2D eigenvalue weighted by Gasteiger charge is 2.06. The van der Waals surface area contributed by atoms with E-state index in [9.17, 15) is 0 Å². The standard InChI is InChI=1S/C11H18N2O/c1-9(14-3)7-13-10(2)11-5-4-6-12-8-11/h4-6,8-10,13H,7H2,1-3H3. The Morgan fingerprint density at radius 2 is 2.29 bits per heavy atom. The van der Waals surface area contributed by atoms with Crippen molar-refractivity contribution in [2.75, 3.05) is 13.7 Å². The highest BCUT2D eigenvalue weighted by atomic mass is 16.5. The molecule has 0 fully saturated rings. The molecule has 1 aromatic heterocycles. The van der Waals surface area contributed by atoms with Crippen molar-refractivity contribution in [3.8, 4) is 0 Å². The predicted octanol–water partition coefficient (Wildman–Crippen LogP) is 1.77. The number of rotatable bonds is 5. The second-order valence-corrected chi connectivity index (χ2v) is 3.46. The number of aromatic nitrogens is 1. The van der Waals surface area contributed by atoms with Crippen LogP contribution >= 0.6 is 0 Å². The van der Waals surface area contributed by atoms with Crippen molar-refractivity contribution in [3.63, 3.8) is 0 Å². The summed E-state index contributed by atoms with van der Waals surface area (Å²) < 4.78 is 5.16. The first-order valence-electron chi connectivity index (χ1n) is 4.90. The summed E-state index contributed by atoms with van der Waals surface area (Å²) in [6.07, 6.45) is 3.91. The van der Waals surface area contributed by atoms with Crippen molar-refractivity contribution in [3.05, 3.63) is 30.1 Å². The number of ether oxygens (including phenoxy) is 1. The van der Waals surface area contributed by atoms with Gasteiger partial charge in [0.05, 0.1) is 6.10 Å². The lowest BCUT2D eigenvalue weighted by Gasteiger charge is -2.16. The van der Waals surface area contributed by atoms with Crippen LogP contribution in [0.5, 0.6) is 0 Å². The van der Waals surface area contributed by atoms with E-state index in [-0.39, 0.29) is 6.10 Å². The molecule has 0 aliphatic carbocycles. The zero-order valence-electron chi connectivity index (χ0n) is 9.03. The Hall–Kier alpha value is -0.930. The molecule has 0 aliphatic rings. The third kappa shape index (κ3) is 3.44. The number of methoxy groups -OCH3 is 1. The Balaban J connectivity index is 2.39. The van der Waals surface area contributed by atoms with Gasteiger partial charge in [-0.15, -0.1) is 0 Å². The van der Waals surface area contributed by atoms with Crippen LogP contribution in [0.1, 0.15) is 25.5 Å². The second kappa shape index (κ2) is 5.73. The van der Waals surface area contributed by atoms with Gasteiger partial charge in [-0.25, -0.2) is 0 Å². The number of nitrogens with one attached hydrogen (secondary N) is 1. The maximum Gasteiger partial charge on any atom is 0.0667 e. The van der Waals surface area contributed by atoms with Gasteiger partial charge < -0.3 is 10.1 Å². The van der Waals surface area contributed by atoms with E-state index in [4.69, 9.17) is 4.74 Å². The fraction of sp³-hybridized carbons (Fsp3) is 0.545. The maximum atomic E-state index is 5.16. The molecular formula is C11H18N2O. The van der Waals surface area contributed by atoms with Crippen LogP contribution in [0.4, 0.5) is 0 Å². The molecule has 0 saturated heterocycles. The summed E-state index contributed by atoms with van der Waals surface area (Å²) >= 11 is 0. The van der Waals surface area contributed by atoms with Gasteiger partial charge in [-0.3, -0.25) is 4.98 Å². The minimum atomic E-state index is 0.245. The van der Waals surface area contributed by atoms with Crippen molar-refractivity contribution < 1.29 is 4.74 Å². The van der Waals surface area contributed by atoms with E-state index in [1.807, 2.05) is 19.2 Å². The molecule has 0 bridgehead atoms. The first kappa shape index (κ1) is 11.1. The Kier molecular flexibility index (Phi) is 4.56. The monoisotopic (exact) mass is 194 g/mol. The van der Waals surface area contributed by atoms with E-state index in [0.717, 1.165) is 6.54 Å². The van der Waals surface area contributed by atoms with Crippen molar-refractivity contribution in [2.24, 2.45) is 0 Å². The summed E-state index contributed by atoms with van der Waals surface area (Å²) in [6, 6.07) is 4.34. The van der Waals surface area contributed by atoms with Gasteiger partial charge in [0.2, 0.25) is 0 Å². The van der Waals surface area contributed by atoms with E-state index in [1.165, 1.54) is 5.56 Å². The molecule has 3 heteroatoms. The van der Waals surface area contributed by atoms with Crippen LogP contribution in [-0.4, -0.2) is 24.7 Å². The Morgan fingerprint density at radius 3 is 2.86 bits per heavy atom. The molecule has 0 radical (unpaired) electrons. The van der Waals surface area contributed by atoms with Crippen LogP contribution in [0.25, 0.3) is 0 Å². The molecule has 0 aromatic carbocycles. The van der Waals surface area contributed by atoms with Crippen LogP contribution in [0, 0.1) is 0 Å². The topological polar surface area (TPSA) is 34.1 Å². The van der Waals surface area contributed by atoms with E-state index >= 15 is 0 Å². The van der Waals surface area contributed by atoms with E-state index < -0.39 is 0 Å². The van der Waals surface area contributed by atoms with Crippen molar-refractivity contribution >= 4 is 0 Å². The third-order valence-electron chi connectivity index (χ3n) is 2.30. The molecule has 0 amide bonds. The van der Waals surface area contributed by atoms with Crippen molar-refractivity contribution in [1.29, 1.82) is 0 Å². The van der Waals surface area contributed by atoms with E-state index in [1.54, 1.807) is 13.3 Å². The first-order chi connectivity index (χ1) is 6.74. The first-order valence-corrected chi connectivity index (χ1v) is 4.90. The van der Waals surface area contributed by atoms with Gasteiger partial charge in [-0.2, -0.15) is 0 Å². The minimum absolute atomic E-state index is 0.245. The average molecular weight is 194 g/mol. The third-order valence-corrected chi connectivity index (χ3v) is 2.30. The van der Waals surface area contributed by atoms with Crippen molar-refractivity contribution in [2.45, 2.75) is 26.0 Å². The fourth-order valence-corrected chi connectivity index (χ4v) is 1.18. The Bertz CT molecular complexity index is 251. The normalized spacial score (nSPS) is 15.1. The van der Waals surface area contributed by atoms with Crippen LogP contribution in [0.2, 0.25) is 0 Å². The Labute approximate surface area is 85.5 Å². The summed E-state index contributed by atoms with van der Waals surface area (Å²) in [5.41, 5.74) is 1.20. The number of pyridine rings is 1. The van der Waals surface area contributed by atoms with Gasteiger partial charge >= 0.3 is 0 Å². The summed E-state index contributed by atoms with van der Waals surface area (Å²) in [5.74, 6) is 0. The summed E-state index contributed by atoms with van der Waals surface area (Å²) in [5, 5.41) is 3.38. The smallest absolute Gasteiger partial charge is 0.0667 e. The van der Waals surface area contributed by atoms with Crippen LogP contribution in [0.3, 0.4) is 0 Å². The molecule has 2 atom stereocenters. The summed E-state index contributed by atoms with van der Waals surface area (Å²) in [7, 11) is 1.72. The SMILES string of the molecule is COC(C)CNC(C)c1cccnc1. The fourth-order valence-electron chi connectivity index (χ4n) is 1.18. The van der Waals surface area contributed by atoms with Crippen LogP contribution in [-0.2, 0) is 4.74 Å². The molecule has 3 nitrogen and oxygen atoms in total. The Morgan fingerprint density at radius 1 is 1.50 bits per heavy atom. The van der Waals surface area contributed by atoms with Crippen molar-refractivity contribution in [1.82, 2.24) is 10.3 Å². The highest BCUT2D eigenvalue weighted by Crippen LogP contribution is 2.09. The predicted molar refractivity (Wildman–Crippen MR) is 57.1 cm³/mol.